The highest BCUT2D eigenvalue weighted by atomic mass is 32.2. The molecule has 0 saturated carbocycles. The van der Waals surface area contributed by atoms with E-state index in [4.69, 9.17) is 0 Å². The Bertz CT molecular complexity index is 402. The Labute approximate surface area is 125 Å². The molecule has 1 aromatic rings. The van der Waals surface area contributed by atoms with Crippen molar-refractivity contribution in [3.8, 4) is 0 Å². The number of rotatable bonds is 6. The average Bonchev–Trinajstić information content (AvgIpc) is 2.99. The van der Waals surface area contributed by atoms with Crippen molar-refractivity contribution >= 4 is 17.7 Å². The lowest BCUT2D eigenvalue weighted by Crippen LogP contribution is -2.38. The first kappa shape index (κ1) is 15.2. The minimum absolute atomic E-state index is 0.709. The molecule has 0 radical (unpaired) electrons. The van der Waals surface area contributed by atoms with E-state index in [2.05, 4.69) is 45.4 Å². The predicted molar refractivity (Wildman–Crippen MR) is 87.4 cm³/mol. The van der Waals surface area contributed by atoms with Gasteiger partial charge in [0, 0.05) is 36.7 Å². The minimum atomic E-state index is 0.709. The van der Waals surface area contributed by atoms with Crippen molar-refractivity contribution in [3.05, 3.63) is 30.1 Å². The molecule has 20 heavy (non-hydrogen) atoms. The van der Waals surface area contributed by atoms with E-state index in [1.165, 1.54) is 18.6 Å². The van der Waals surface area contributed by atoms with E-state index in [0.29, 0.717) is 5.25 Å². The smallest absolute Gasteiger partial charge is 0.191 e. The highest BCUT2D eigenvalue weighted by Gasteiger charge is 2.14. The van der Waals surface area contributed by atoms with Gasteiger partial charge in [-0.2, -0.15) is 11.8 Å². The van der Waals surface area contributed by atoms with Gasteiger partial charge in [0.2, 0.25) is 0 Å². The summed E-state index contributed by atoms with van der Waals surface area (Å²) in [5.74, 6) is 2.22. The SMILES string of the molecule is CCNC(=NCC1CCCS1)NCCc1ccccn1. The van der Waals surface area contributed by atoms with Gasteiger partial charge in [0.15, 0.2) is 5.96 Å². The molecule has 2 N–H and O–H groups in total. The molecule has 1 fully saturated rings. The second-order valence-electron chi connectivity index (χ2n) is 4.85. The Balaban J connectivity index is 1.74. The van der Waals surface area contributed by atoms with Gasteiger partial charge in [-0.15, -0.1) is 0 Å². The van der Waals surface area contributed by atoms with Crippen LogP contribution in [0.4, 0.5) is 0 Å². The summed E-state index contributed by atoms with van der Waals surface area (Å²) in [6, 6.07) is 6.03. The number of thioether (sulfide) groups is 1. The summed E-state index contributed by atoms with van der Waals surface area (Å²) in [5, 5.41) is 7.39. The molecule has 2 heterocycles. The van der Waals surface area contributed by atoms with E-state index in [-0.39, 0.29) is 0 Å². The van der Waals surface area contributed by atoms with Crippen LogP contribution >= 0.6 is 11.8 Å². The molecule has 2 rings (SSSR count). The third-order valence-corrected chi connectivity index (χ3v) is 4.60. The van der Waals surface area contributed by atoms with Crippen LogP contribution in [-0.4, -0.2) is 41.6 Å². The first-order valence-corrected chi connectivity index (χ1v) is 8.47. The fourth-order valence-electron chi connectivity index (χ4n) is 2.18. The molecule has 1 atom stereocenters. The van der Waals surface area contributed by atoms with Crippen molar-refractivity contribution in [1.82, 2.24) is 15.6 Å². The van der Waals surface area contributed by atoms with Gasteiger partial charge in [0.1, 0.15) is 0 Å². The molecule has 1 unspecified atom stereocenters. The number of hydrogen-bond acceptors (Lipinski definition) is 3. The summed E-state index contributed by atoms with van der Waals surface area (Å²) in [6.45, 7) is 4.78. The Morgan fingerprint density at radius 3 is 3.10 bits per heavy atom. The summed E-state index contributed by atoms with van der Waals surface area (Å²) in [5.41, 5.74) is 1.11. The topological polar surface area (TPSA) is 49.3 Å². The summed E-state index contributed by atoms with van der Waals surface area (Å²) < 4.78 is 0. The van der Waals surface area contributed by atoms with E-state index in [0.717, 1.165) is 37.7 Å². The molecule has 1 aliphatic rings. The minimum Gasteiger partial charge on any atom is -0.357 e. The first-order valence-electron chi connectivity index (χ1n) is 7.42. The maximum Gasteiger partial charge on any atom is 0.191 e. The number of guanidine groups is 1. The molecular formula is C15H24N4S. The molecule has 5 heteroatoms. The number of hydrogen-bond donors (Lipinski definition) is 2. The van der Waals surface area contributed by atoms with E-state index in [1.54, 1.807) is 0 Å². The maximum atomic E-state index is 4.68. The average molecular weight is 292 g/mol. The van der Waals surface area contributed by atoms with E-state index in [1.807, 2.05) is 18.3 Å². The molecule has 0 aromatic carbocycles. The van der Waals surface area contributed by atoms with E-state index < -0.39 is 0 Å². The van der Waals surface area contributed by atoms with Crippen LogP contribution in [0.5, 0.6) is 0 Å². The van der Waals surface area contributed by atoms with E-state index in [9.17, 15) is 0 Å². The summed E-state index contributed by atoms with van der Waals surface area (Å²) in [7, 11) is 0. The van der Waals surface area contributed by atoms with Crippen LogP contribution in [0.15, 0.2) is 29.4 Å². The van der Waals surface area contributed by atoms with Crippen molar-refractivity contribution < 1.29 is 0 Å². The summed E-state index contributed by atoms with van der Waals surface area (Å²) in [6.07, 6.45) is 5.41. The lowest BCUT2D eigenvalue weighted by Gasteiger charge is -2.12. The van der Waals surface area contributed by atoms with Gasteiger partial charge in [-0.05, 0) is 37.7 Å². The van der Waals surface area contributed by atoms with Gasteiger partial charge in [-0.25, -0.2) is 0 Å². The third kappa shape index (κ3) is 5.41. The van der Waals surface area contributed by atoms with Crippen LogP contribution in [0.1, 0.15) is 25.5 Å². The molecule has 0 bridgehead atoms. The molecule has 0 amide bonds. The first-order chi connectivity index (χ1) is 9.88. The second-order valence-corrected chi connectivity index (χ2v) is 6.26. The van der Waals surface area contributed by atoms with Gasteiger partial charge >= 0.3 is 0 Å². The monoisotopic (exact) mass is 292 g/mol. The van der Waals surface area contributed by atoms with Gasteiger partial charge in [-0.1, -0.05) is 6.07 Å². The number of nitrogens with zero attached hydrogens (tertiary/aromatic N) is 2. The number of nitrogens with one attached hydrogen (secondary N) is 2. The quantitative estimate of drug-likeness (QED) is 0.622. The van der Waals surface area contributed by atoms with Gasteiger partial charge < -0.3 is 10.6 Å². The van der Waals surface area contributed by atoms with Crippen LogP contribution in [0, 0.1) is 0 Å². The second kappa shape index (κ2) is 8.84. The normalized spacial score (nSPS) is 19.1. The Kier molecular flexibility index (Phi) is 6.71. The molecule has 0 spiro atoms. The van der Waals surface area contributed by atoms with Gasteiger partial charge in [-0.3, -0.25) is 9.98 Å². The number of pyridine rings is 1. The van der Waals surface area contributed by atoms with Crippen molar-refractivity contribution in [1.29, 1.82) is 0 Å². The van der Waals surface area contributed by atoms with Crippen LogP contribution in [0.2, 0.25) is 0 Å². The third-order valence-electron chi connectivity index (χ3n) is 3.22. The molecule has 1 aliphatic heterocycles. The molecule has 110 valence electrons. The maximum absolute atomic E-state index is 4.68. The lowest BCUT2D eigenvalue weighted by atomic mass is 10.2. The Morgan fingerprint density at radius 1 is 1.45 bits per heavy atom. The zero-order chi connectivity index (χ0) is 14.0. The standard InChI is InChI=1S/C15H24N4S/c1-2-16-15(19-12-14-7-5-11-20-14)18-10-8-13-6-3-4-9-17-13/h3-4,6,9,14H,2,5,7-8,10-12H2,1H3,(H2,16,18,19). The van der Waals surface area contributed by atoms with Crippen molar-refractivity contribution in [2.75, 3.05) is 25.4 Å². The number of aromatic nitrogens is 1. The highest BCUT2D eigenvalue weighted by molar-refractivity contribution is 8.00. The van der Waals surface area contributed by atoms with Crippen molar-refractivity contribution in [3.63, 3.8) is 0 Å². The predicted octanol–water partition coefficient (Wildman–Crippen LogP) is 2.07. The molecule has 1 aromatic heterocycles. The van der Waals surface area contributed by atoms with Crippen LogP contribution in [-0.2, 0) is 6.42 Å². The van der Waals surface area contributed by atoms with Gasteiger partial charge in [0.05, 0.1) is 6.54 Å². The largest absolute Gasteiger partial charge is 0.357 e. The molecule has 4 nitrogen and oxygen atoms in total. The Hall–Kier alpha value is -1.23. The highest BCUT2D eigenvalue weighted by Crippen LogP contribution is 2.25. The summed E-state index contributed by atoms with van der Waals surface area (Å²) >= 11 is 2.05. The molecule has 1 saturated heterocycles. The molecular weight excluding hydrogens is 268 g/mol. The fourth-order valence-corrected chi connectivity index (χ4v) is 3.36. The van der Waals surface area contributed by atoms with Crippen molar-refractivity contribution in [2.24, 2.45) is 4.99 Å². The number of aliphatic imine (C=N–C) groups is 1. The molecule has 0 aliphatic carbocycles. The van der Waals surface area contributed by atoms with Gasteiger partial charge in [0.25, 0.3) is 0 Å². The van der Waals surface area contributed by atoms with Crippen molar-refractivity contribution in [2.45, 2.75) is 31.4 Å². The van der Waals surface area contributed by atoms with E-state index >= 15 is 0 Å². The Morgan fingerprint density at radius 2 is 2.40 bits per heavy atom. The van der Waals surface area contributed by atoms with Crippen LogP contribution in [0.3, 0.4) is 0 Å². The van der Waals surface area contributed by atoms with Crippen LogP contribution in [0.25, 0.3) is 0 Å². The zero-order valence-electron chi connectivity index (χ0n) is 12.1. The summed E-state index contributed by atoms with van der Waals surface area (Å²) in [4.78, 5) is 9.01. The zero-order valence-corrected chi connectivity index (χ0v) is 13.0. The van der Waals surface area contributed by atoms with Crippen LogP contribution < -0.4 is 10.6 Å². The lowest BCUT2D eigenvalue weighted by molar-refractivity contribution is 0.757. The fraction of sp³-hybridized carbons (Fsp3) is 0.600.